The first-order chi connectivity index (χ1) is 7.24. The van der Waals surface area contributed by atoms with Crippen LogP contribution in [0.5, 0.6) is 0 Å². The van der Waals surface area contributed by atoms with Gasteiger partial charge in [-0.3, -0.25) is 5.01 Å². The van der Waals surface area contributed by atoms with Crippen LogP contribution < -0.4 is 5.01 Å². The van der Waals surface area contributed by atoms with Gasteiger partial charge in [-0.25, -0.2) is 4.39 Å². The average Bonchev–Trinajstić information content (AvgIpc) is 2.25. The van der Waals surface area contributed by atoms with Crippen molar-refractivity contribution in [3.63, 3.8) is 0 Å². The molecule has 0 aliphatic heterocycles. The smallest absolute Gasteiger partial charge is 0.123 e. The SMILES string of the molecule is CSCCC=NN(C)c1ccc(F)cc1. The number of halogens is 1. The van der Waals surface area contributed by atoms with Crippen LogP contribution in [0.3, 0.4) is 0 Å². The molecule has 82 valence electrons. The second kappa shape index (κ2) is 6.45. The topological polar surface area (TPSA) is 15.6 Å². The van der Waals surface area contributed by atoms with Gasteiger partial charge in [0, 0.05) is 13.3 Å². The van der Waals surface area contributed by atoms with Crippen molar-refractivity contribution < 1.29 is 4.39 Å². The van der Waals surface area contributed by atoms with Gasteiger partial charge in [0.15, 0.2) is 0 Å². The van der Waals surface area contributed by atoms with E-state index in [0.29, 0.717) is 0 Å². The fourth-order valence-corrected chi connectivity index (χ4v) is 1.42. The minimum Gasteiger partial charge on any atom is -0.269 e. The van der Waals surface area contributed by atoms with E-state index in [-0.39, 0.29) is 5.82 Å². The average molecular weight is 226 g/mol. The fraction of sp³-hybridized carbons (Fsp3) is 0.364. The molecule has 0 amide bonds. The van der Waals surface area contributed by atoms with Crippen LogP contribution in [0.2, 0.25) is 0 Å². The Kier molecular flexibility index (Phi) is 5.18. The summed E-state index contributed by atoms with van der Waals surface area (Å²) in [6, 6.07) is 6.29. The molecule has 0 spiro atoms. The summed E-state index contributed by atoms with van der Waals surface area (Å²) in [6.45, 7) is 0. The van der Waals surface area contributed by atoms with Crippen LogP contribution in [0.15, 0.2) is 29.4 Å². The number of benzene rings is 1. The molecule has 0 saturated carbocycles. The van der Waals surface area contributed by atoms with Crippen molar-refractivity contribution in [1.29, 1.82) is 0 Å². The zero-order chi connectivity index (χ0) is 11.1. The summed E-state index contributed by atoms with van der Waals surface area (Å²) in [7, 11) is 1.85. The summed E-state index contributed by atoms with van der Waals surface area (Å²) in [5, 5.41) is 5.97. The van der Waals surface area contributed by atoms with Gasteiger partial charge in [-0.2, -0.15) is 16.9 Å². The highest BCUT2D eigenvalue weighted by Crippen LogP contribution is 2.12. The van der Waals surface area contributed by atoms with E-state index in [1.165, 1.54) is 12.1 Å². The largest absolute Gasteiger partial charge is 0.269 e. The Bertz CT molecular complexity index is 311. The summed E-state index contributed by atoms with van der Waals surface area (Å²) >= 11 is 1.79. The van der Waals surface area contributed by atoms with E-state index in [4.69, 9.17) is 0 Å². The van der Waals surface area contributed by atoms with Crippen LogP contribution in [0.4, 0.5) is 10.1 Å². The van der Waals surface area contributed by atoms with Gasteiger partial charge in [-0.05, 0) is 42.7 Å². The van der Waals surface area contributed by atoms with Crippen molar-refractivity contribution in [3.05, 3.63) is 30.1 Å². The third-order valence-corrected chi connectivity index (χ3v) is 2.55. The van der Waals surface area contributed by atoms with Gasteiger partial charge < -0.3 is 0 Å². The molecule has 0 fully saturated rings. The number of hydrazone groups is 1. The first kappa shape index (κ1) is 12.0. The summed E-state index contributed by atoms with van der Waals surface area (Å²) in [6.07, 6.45) is 4.89. The minimum atomic E-state index is -0.224. The molecular formula is C11H15FN2S. The van der Waals surface area contributed by atoms with Crippen molar-refractivity contribution in [2.45, 2.75) is 6.42 Å². The molecule has 1 aromatic carbocycles. The van der Waals surface area contributed by atoms with Crippen molar-refractivity contribution in [3.8, 4) is 0 Å². The molecule has 15 heavy (non-hydrogen) atoms. The second-order valence-electron chi connectivity index (χ2n) is 3.08. The first-order valence-corrected chi connectivity index (χ1v) is 6.14. The molecular weight excluding hydrogens is 211 g/mol. The first-order valence-electron chi connectivity index (χ1n) is 4.74. The van der Waals surface area contributed by atoms with Gasteiger partial charge in [0.2, 0.25) is 0 Å². The molecule has 0 atom stereocenters. The van der Waals surface area contributed by atoms with Gasteiger partial charge >= 0.3 is 0 Å². The van der Waals surface area contributed by atoms with Crippen LogP contribution in [-0.2, 0) is 0 Å². The standard InChI is InChI=1S/C11H15FN2S/c1-14(13-8-3-9-15-2)11-6-4-10(12)5-7-11/h4-8H,3,9H2,1-2H3. The second-order valence-corrected chi connectivity index (χ2v) is 4.07. The molecule has 1 aromatic rings. The number of hydrogen-bond donors (Lipinski definition) is 0. The number of hydrogen-bond acceptors (Lipinski definition) is 3. The van der Waals surface area contributed by atoms with Gasteiger partial charge in [0.05, 0.1) is 5.69 Å². The predicted molar refractivity (Wildman–Crippen MR) is 66.3 cm³/mol. The van der Waals surface area contributed by atoms with Crippen molar-refractivity contribution in [1.82, 2.24) is 0 Å². The number of nitrogens with zero attached hydrogens (tertiary/aromatic N) is 2. The lowest BCUT2D eigenvalue weighted by molar-refractivity contribution is 0.627. The van der Waals surface area contributed by atoms with E-state index < -0.39 is 0 Å². The molecule has 0 aliphatic rings. The number of thioether (sulfide) groups is 1. The van der Waals surface area contributed by atoms with Crippen molar-refractivity contribution in [2.75, 3.05) is 24.1 Å². The molecule has 0 N–H and O–H groups in total. The number of anilines is 1. The van der Waals surface area contributed by atoms with E-state index in [9.17, 15) is 4.39 Å². The third kappa shape index (κ3) is 4.34. The summed E-state index contributed by atoms with van der Waals surface area (Å²) < 4.78 is 12.6. The van der Waals surface area contributed by atoms with E-state index in [2.05, 4.69) is 11.4 Å². The Morgan fingerprint density at radius 3 is 2.67 bits per heavy atom. The predicted octanol–water partition coefficient (Wildman–Crippen LogP) is 3.00. The van der Waals surface area contributed by atoms with Crippen molar-refractivity contribution >= 4 is 23.7 Å². The Labute approximate surface area is 94.2 Å². The molecule has 1 rings (SSSR count). The quantitative estimate of drug-likeness (QED) is 0.436. The lowest BCUT2D eigenvalue weighted by atomic mass is 10.3. The van der Waals surface area contributed by atoms with Crippen LogP contribution in [-0.4, -0.2) is 25.3 Å². The maximum absolute atomic E-state index is 12.6. The summed E-state index contributed by atoms with van der Waals surface area (Å²) in [5.41, 5.74) is 0.886. The molecule has 4 heteroatoms. The zero-order valence-corrected chi connectivity index (χ0v) is 9.80. The van der Waals surface area contributed by atoms with Crippen LogP contribution in [0.1, 0.15) is 6.42 Å². The zero-order valence-electron chi connectivity index (χ0n) is 8.98. The Balaban J connectivity index is 2.49. The maximum Gasteiger partial charge on any atom is 0.123 e. The molecule has 0 unspecified atom stereocenters. The summed E-state index contributed by atoms with van der Waals surface area (Å²) in [4.78, 5) is 0. The molecule has 2 nitrogen and oxygen atoms in total. The van der Waals surface area contributed by atoms with Gasteiger partial charge in [0.25, 0.3) is 0 Å². The van der Waals surface area contributed by atoms with Crippen LogP contribution in [0, 0.1) is 5.82 Å². The van der Waals surface area contributed by atoms with E-state index in [1.54, 1.807) is 28.9 Å². The Morgan fingerprint density at radius 1 is 1.40 bits per heavy atom. The molecule has 0 aliphatic carbocycles. The lowest BCUT2D eigenvalue weighted by Crippen LogP contribution is -2.08. The monoisotopic (exact) mass is 226 g/mol. The molecule has 0 heterocycles. The minimum absolute atomic E-state index is 0.224. The maximum atomic E-state index is 12.6. The van der Waals surface area contributed by atoms with Gasteiger partial charge in [0.1, 0.15) is 5.82 Å². The van der Waals surface area contributed by atoms with E-state index >= 15 is 0 Å². The Hall–Kier alpha value is -1.03. The lowest BCUT2D eigenvalue weighted by Gasteiger charge is -2.12. The molecule has 0 bridgehead atoms. The van der Waals surface area contributed by atoms with Gasteiger partial charge in [-0.1, -0.05) is 0 Å². The van der Waals surface area contributed by atoms with E-state index in [0.717, 1.165) is 17.9 Å². The summed E-state index contributed by atoms with van der Waals surface area (Å²) in [5.74, 6) is 0.847. The highest BCUT2D eigenvalue weighted by atomic mass is 32.2. The normalized spacial score (nSPS) is 10.9. The molecule has 0 aromatic heterocycles. The van der Waals surface area contributed by atoms with Crippen LogP contribution in [0.25, 0.3) is 0 Å². The molecule has 0 radical (unpaired) electrons. The van der Waals surface area contributed by atoms with Crippen LogP contribution >= 0.6 is 11.8 Å². The van der Waals surface area contributed by atoms with Gasteiger partial charge in [-0.15, -0.1) is 0 Å². The van der Waals surface area contributed by atoms with Crippen molar-refractivity contribution in [2.24, 2.45) is 5.10 Å². The highest BCUT2D eigenvalue weighted by molar-refractivity contribution is 7.98. The number of rotatable bonds is 5. The molecule has 0 saturated heterocycles. The fourth-order valence-electron chi connectivity index (χ4n) is 1.07. The van der Waals surface area contributed by atoms with E-state index in [1.807, 2.05) is 13.3 Å². The Morgan fingerprint density at radius 2 is 2.07 bits per heavy atom. The third-order valence-electron chi connectivity index (χ3n) is 1.91. The highest BCUT2D eigenvalue weighted by Gasteiger charge is 1.97.